The molecule has 0 aromatic heterocycles. The fourth-order valence-electron chi connectivity index (χ4n) is 3.86. The number of hydrogen-bond donors (Lipinski definition) is 1. The Morgan fingerprint density at radius 2 is 1.74 bits per heavy atom. The highest BCUT2D eigenvalue weighted by molar-refractivity contribution is 14.0. The molecule has 0 bridgehead atoms. The third-order valence-corrected chi connectivity index (χ3v) is 5.29. The molecule has 0 spiro atoms. The van der Waals surface area contributed by atoms with Crippen LogP contribution >= 0.6 is 24.0 Å². The van der Waals surface area contributed by atoms with Crippen molar-refractivity contribution in [3.63, 3.8) is 0 Å². The number of piperazine rings is 1. The highest BCUT2D eigenvalue weighted by Gasteiger charge is 2.30. The largest absolute Gasteiger partial charge is 0.368 e. The van der Waals surface area contributed by atoms with Crippen molar-refractivity contribution in [3.05, 3.63) is 0 Å². The number of carbonyl (C=O) groups excluding carboxylic acids is 1. The summed E-state index contributed by atoms with van der Waals surface area (Å²) in [6, 6.07) is 1.07. The monoisotopic (exact) mass is 495 g/mol. The van der Waals surface area contributed by atoms with Crippen LogP contribution in [-0.4, -0.2) is 97.7 Å². The van der Waals surface area contributed by atoms with Gasteiger partial charge in [0.1, 0.15) is 6.10 Å². The van der Waals surface area contributed by atoms with E-state index in [0.717, 1.165) is 64.7 Å². The van der Waals surface area contributed by atoms with Crippen LogP contribution in [0, 0.1) is 0 Å². The molecule has 8 heteroatoms. The van der Waals surface area contributed by atoms with Crippen LogP contribution in [0.2, 0.25) is 0 Å². The van der Waals surface area contributed by atoms with Gasteiger partial charge in [-0.15, -0.1) is 24.0 Å². The van der Waals surface area contributed by atoms with Gasteiger partial charge in [0.15, 0.2) is 5.96 Å². The summed E-state index contributed by atoms with van der Waals surface area (Å²) in [5.41, 5.74) is 0. The summed E-state index contributed by atoms with van der Waals surface area (Å²) in [6.07, 6.45) is 1.65. The first-order valence-corrected chi connectivity index (χ1v) is 10.1. The zero-order valence-electron chi connectivity index (χ0n) is 17.6. The standard InChI is InChI=1S/C19H37N5O2.HI/c1-15(2)24(16(3)4)9-8-21-19(20-5)23-12-10-22(11-13-23)18(25)17-7-6-14-26-17;/h15-17H,6-14H2,1-5H3,(H,20,21);1H. The summed E-state index contributed by atoms with van der Waals surface area (Å²) in [7, 11) is 1.83. The van der Waals surface area contributed by atoms with Gasteiger partial charge in [0.25, 0.3) is 5.91 Å². The molecular weight excluding hydrogens is 457 g/mol. The number of halogens is 1. The first-order chi connectivity index (χ1) is 12.4. The second-order valence-corrected chi connectivity index (χ2v) is 7.71. The molecule has 0 aliphatic carbocycles. The van der Waals surface area contributed by atoms with E-state index < -0.39 is 0 Å². The van der Waals surface area contributed by atoms with Crippen LogP contribution in [0.4, 0.5) is 0 Å². The number of aliphatic imine (C=N–C) groups is 1. The Morgan fingerprint density at radius 3 is 2.22 bits per heavy atom. The average Bonchev–Trinajstić information content (AvgIpc) is 3.15. The minimum Gasteiger partial charge on any atom is -0.368 e. The summed E-state index contributed by atoms with van der Waals surface area (Å²) in [5, 5.41) is 3.48. The SMILES string of the molecule is CN=C(NCCN(C(C)C)C(C)C)N1CCN(C(=O)C2CCCO2)CC1.I. The van der Waals surface area contributed by atoms with E-state index in [-0.39, 0.29) is 36.0 Å². The van der Waals surface area contributed by atoms with Crippen LogP contribution in [-0.2, 0) is 9.53 Å². The molecule has 2 aliphatic heterocycles. The maximum atomic E-state index is 12.5. The van der Waals surface area contributed by atoms with Gasteiger partial charge >= 0.3 is 0 Å². The van der Waals surface area contributed by atoms with Crippen LogP contribution in [0.25, 0.3) is 0 Å². The molecule has 1 unspecified atom stereocenters. The molecule has 1 N–H and O–H groups in total. The number of guanidine groups is 1. The smallest absolute Gasteiger partial charge is 0.251 e. The Bertz CT molecular complexity index is 465. The Balaban J connectivity index is 0.00000364. The number of nitrogens with zero attached hydrogens (tertiary/aromatic N) is 4. The van der Waals surface area contributed by atoms with E-state index in [1.807, 2.05) is 11.9 Å². The molecule has 0 radical (unpaired) electrons. The van der Waals surface area contributed by atoms with Crippen molar-refractivity contribution in [2.75, 3.05) is 52.9 Å². The Morgan fingerprint density at radius 1 is 1.15 bits per heavy atom. The van der Waals surface area contributed by atoms with Gasteiger partial charge in [-0.3, -0.25) is 14.7 Å². The molecule has 1 amide bonds. The minimum atomic E-state index is -0.211. The third-order valence-electron chi connectivity index (χ3n) is 5.29. The molecule has 2 fully saturated rings. The van der Waals surface area contributed by atoms with E-state index in [4.69, 9.17) is 4.74 Å². The molecule has 0 aromatic rings. The van der Waals surface area contributed by atoms with Crippen molar-refractivity contribution in [3.8, 4) is 0 Å². The third kappa shape index (κ3) is 7.05. The molecule has 7 nitrogen and oxygen atoms in total. The normalized spacial score (nSPS) is 21.2. The molecule has 2 saturated heterocycles. The molecule has 0 aromatic carbocycles. The first-order valence-electron chi connectivity index (χ1n) is 10.1. The number of rotatable bonds is 6. The van der Waals surface area contributed by atoms with Gasteiger partial charge in [0.2, 0.25) is 0 Å². The second-order valence-electron chi connectivity index (χ2n) is 7.71. The fourth-order valence-corrected chi connectivity index (χ4v) is 3.86. The predicted octanol–water partition coefficient (Wildman–Crippen LogP) is 1.62. The van der Waals surface area contributed by atoms with Crippen LogP contribution in [0.1, 0.15) is 40.5 Å². The van der Waals surface area contributed by atoms with Crippen molar-refractivity contribution < 1.29 is 9.53 Å². The lowest BCUT2D eigenvalue weighted by molar-refractivity contribution is -0.142. The van der Waals surface area contributed by atoms with Crippen LogP contribution in [0.3, 0.4) is 0 Å². The van der Waals surface area contributed by atoms with Gasteiger partial charge < -0.3 is 19.9 Å². The Kier molecular flexibility index (Phi) is 10.9. The second kappa shape index (κ2) is 12.1. The number of carbonyl (C=O) groups is 1. The fraction of sp³-hybridized carbons (Fsp3) is 0.895. The Hall–Kier alpha value is -0.610. The quantitative estimate of drug-likeness (QED) is 0.345. The Labute approximate surface area is 181 Å². The van der Waals surface area contributed by atoms with Crippen molar-refractivity contribution >= 4 is 35.8 Å². The molecule has 2 aliphatic rings. The lowest BCUT2D eigenvalue weighted by Crippen LogP contribution is -2.56. The van der Waals surface area contributed by atoms with E-state index in [9.17, 15) is 4.79 Å². The van der Waals surface area contributed by atoms with E-state index in [2.05, 4.69) is 47.8 Å². The van der Waals surface area contributed by atoms with Crippen molar-refractivity contribution in [2.45, 2.75) is 58.7 Å². The lowest BCUT2D eigenvalue weighted by atomic mass is 10.2. The van der Waals surface area contributed by atoms with Gasteiger partial charge in [-0.1, -0.05) is 0 Å². The topological polar surface area (TPSA) is 60.4 Å². The summed E-state index contributed by atoms with van der Waals surface area (Å²) in [4.78, 5) is 23.5. The molecule has 2 heterocycles. The summed E-state index contributed by atoms with van der Waals surface area (Å²) >= 11 is 0. The maximum Gasteiger partial charge on any atom is 0.251 e. The van der Waals surface area contributed by atoms with Crippen LogP contribution < -0.4 is 5.32 Å². The van der Waals surface area contributed by atoms with E-state index in [1.165, 1.54) is 0 Å². The van der Waals surface area contributed by atoms with Gasteiger partial charge in [-0.05, 0) is 40.5 Å². The number of hydrogen-bond acceptors (Lipinski definition) is 4. The average molecular weight is 495 g/mol. The molecule has 0 saturated carbocycles. The first kappa shape index (κ1) is 24.4. The summed E-state index contributed by atoms with van der Waals surface area (Å²) in [5.74, 6) is 1.09. The van der Waals surface area contributed by atoms with Gasteiger partial charge in [0.05, 0.1) is 0 Å². The molecule has 27 heavy (non-hydrogen) atoms. The number of amides is 1. The van der Waals surface area contributed by atoms with Crippen LogP contribution in [0.15, 0.2) is 4.99 Å². The molecule has 158 valence electrons. The molecular formula is C19H38IN5O2. The van der Waals surface area contributed by atoms with E-state index in [1.54, 1.807) is 0 Å². The molecule has 2 rings (SSSR count). The summed E-state index contributed by atoms with van der Waals surface area (Å²) in [6.45, 7) is 14.6. The minimum absolute atomic E-state index is 0. The van der Waals surface area contributed by atoms with Crippen molar-refractivity contribution in [1.29, 1.82) is 0 Å². The van der Waals surface area contributed by atoms with Crippen molar-refractivity contribution in [1.82, 2.24) is 20.0 Å². The zero-order valence-corrected chi connectivity index (χ0v) is 19.9. The van der Waals surface area contributed by atoms with Crippen LogP contribution in [0.5, 0.6) is 0 Å². The molecule has 1 atom stereocenters. The van der Waals surface area contributed by atoms with E-state index in [0.29, 0.717) is 12.1 Å². The zero-order chi connectivity index (χ0) is 19.1. The highest BCUT2D eigenvalue weighted by atomic mass is 127. The van der Waals surface area contributed by atoms with Gasteiger partial charge in [-0.25, -0.2) is 0 Å². The predicted molar refractivity (Wildman–Crippen MR) is 121 cm³/mol. The number of nitrogens with one attached hydrogen (secondary N) is 1. The highest BCUT2D eigenvalue weighted by Crippen LogP contribution is 2.16. The maximum absolute atomic E-state index is 12.5. The lowest BCUT2D eigenvalue weighted by Gasteiger charge is -2.37. The summed E-state index contributed by atoms with van der Waals surface area (Å²) < 4.78 is 5.53. The van der Waals surface area contributed by atoms with Gasteiger partial charge in [0, 0.05) is 65.0 Å². The van der Waals surface area contributed by atoms with Crippen molar-refractivity contribution in [2.24, 2.45) is 4.99 Å². The van der Waals surface area contributed by atoms with Gasteiger partial charge in [-0.2, -0.15) is 0 Å². The number of ether oxygens (including phenoxy) is 1. The van der Waals surface area contributed by atoms with E-state index >= 15 is 0 Å².